The second-order valence-corrected chi connectivity index (χ2v) is 8.70. The number of benzene rings is 1. The highest BCUT2D eigenvalue weighted by Crippen LogP contribution is 2.07. The Morgan fingerprint density at radius 2 is 1.41 bits per heavy atom. The van der Waals surface area contributed by atoms with Gasteiger partial charge >= 0.3 is 5.97 Å². The molecule has 10 heteroatoms. The molecule has 1 rings (SSSR count). The van der Waals surface area contributed by atoms with Crippen molar-refractivity contribution in [1.82, 2.24) is 16.0 Å². The molecule has 0 aliphatic rings. The van der Waals surface area contributed by atoms with Crippen molar-refractivity contribution in [2.45, 2.75) is 58.3 Å². The Morgan fingerprint density at radius 1 is 0.875 bits per heavy atom. The second kappa shape index (κ2) is 13.1. The van der Waals surface area contributed by atoms with E-state index in [1.165, 1.54) is 0 Å². The number of aliphatic carboxylic acids is 1. The molecule has 0 aromatic heterocycles. The third-order valence-corrected chi connectivity index (χ3v) is 5.35. The number of carbonyl (C=O) groups is 4. The fraction of sp³-hybridized carbons (Fsp3) is 0.545. The molecule has 0 spiro atoms. The van der Waals surface area contributed by atoms with Crippen LogP contribution in [0.3, 0.4) is 0 Å². The summed E-state index contributed by atoms with van der Waals surface area (Å²) in [7, 11) is 0. The van der Waals surface area contributed by atoms with Crippen molar-refractivity contribution in [1.29, 1.82) is 0 Å². The topological polar surface area (TPSA) is 151 Å². The molecule has 0 aliphatic carbocycles. The van der Waals surface area contributed by atoms with Gasteiger partial charge in [-0.25, -0.2) is 4.79 Å². The van der Waals surface area contributed by atoms with Crippen LogP contribution in [0, 0.1) is 11.8 Å². The Morgan fingerprint density at radius 3 is 1.88 bits per heavy atom. The zero-order valence-corrected chi connectivity index (χ0v) is 19.8. The minimum absolute atomic E-state index is 0.0560. The number of hydrogen-bond donors (Lipinski definition) is 6. The number of amides is 3. The number of nitrogens with two attached hydrogens (primary N) is 1. The van der Waals surface area contributed by atoms with E-state index in [-0.39, 0.29) is 24.0 Å². The third kappa shape index (κ3) is 8.51. The van der Waals surface area contributed by atoms with E-state index >= 15 is 0 Å². The number of nitrogens with one attached hydrogen (secondary N) is 3. The Bertz CT molecular complexity index is 788. The summed E-state index contributed by atoms with van der Waals surface area (Å²) in [6.45, 7) is 6.92. The van der Waals surface area contributed by atoms with Gasteiger partial charge in [0.2, 0.25) is 17.7 Å². The molecule has 1 aromatic carbocycles. The largest absolute Gasteiger partial charge is 0.480 e. The Balaban J connectivity index is 2.99. The van der Waals surface area contributed by atoms with Gasteiger partial charge in [-0.05, 0) is 17.4 Å². The minimum atomic E-state index is -1.17. The highest BCUT2D eigenvalue weighted by Gasteiger charge is 2.31. The van der Waals surface area contributed by atoms with Crippen molar-refractivity contribution in [2.75, 3.05) is 5.75 Å². The molecule has 0 saturated carbocycles. The second-order valence-electron chi connectivity index (χ2n) is 8.33. The van der Waals surface area contributed by atoms with Crippen molar-refractivity contribution < 1.29 is 24.3 Å². The summed E-state index contributed by atoms with van der Waals surface area (Å²) in [5, 5.41) is 17.0. The Labute approximate surface area is 194 Å². The van der Waals surface area contributed by atoms with Crippen molar-refractivity contribution in [3.63, 3.8) is 0 Å². The van der Waals surface area contributed by atoms with Gasteiger partial charge in [0.25, 0.3) is 0 Å². The van der Waals surface area contributed by atoms with E-state index in [9.17, 15) is 24.3 Å². The number of hydrogen-bond acceptors (Lipinski definition) is 6. The summed E-state index contributed by atoms with van der Waals surface area (Å²) in [6.07, 6.45) is 0.188. The van der Waals surface area contributed by atoms with Crippen LogP contribution in [-0.4, -0.2) is 58.7 Å². The molecular weight excluding hydrogens is 432 g/mol. The maximum atomic E-state index is 13.0. The van der Waals surface area contributed by atoms with Gasteiger partial charge in [-0.3, -0.25) is 14.4 Å². The van der Waals surface area contributed by atoms with Gasteiger partial charge in [0.05, 0.1) is 6.04 Å². The fourth-order valence-corrected chi connectivity index (χ4v) is 3.12. The molecule has 4 atom stereocenters. The van der Waals surface area contributed by atoms with Crippen LogP contribution in [-0.2, 0) is 25.6 Å². The van der Waals surface area contributed by atoms with Gasteiger partial charge in [-0.1, -0.05) is 58.0 Å². The van der Waals surface area contributed by atoms with Crippen LogP contribution in [0.5, 0.6) is 0 Å². The van der Waals surface area contributed by atoms with Gasteiger partial charge < -0.3 is 26.8 Å². The Kier molecular flexibility index (Phi) is 11.2. The lowest BCUT2D eigenvalue weighted by Crippen LogP contribution is -2.59. The van der Waals surface area contributed by atoms with Crippen molar-refractivity contribution in [2.24, 2.45) is 17.6 Å². The van der Waals surface area contributed by atoms with E-state index < -0.39 is 47.9 Å². The van der Waals surface area contributed by atoms with E-state index in [0.717, 1.165) is 5.56 Å². The first-order valence-corrected chi connectivity index (χ1v) is 11.1. The van der Waals surface area contributed by atoms with E-state index in [0.29, 0.717) is 0 Å². The van der Waals surface area contributed by atoms with Gasteiger partial charge in [-0.2, -0.15) is 12.6 Å². The highest BCUT2D eigenvalue weighted by atomic mass is 32.1. The van der Waals surface area contributed by atoms with Crippen LogP contribution in [0.25, 0.3) is 0 Å². The molecule has 0 heterocycles. The first kappa shape index (κ1) is 27.4. The molecule has 9 nitrogen and oxygen atoms in total. The van der Waals surface area contributed by atoms with E-state index in [1.807, 2.05) is 30.3 Å². The summed E-state index contributed by atoms with van der Waals surface area (Å²) < 4.78 is 0. The normalized spacial score (nSPS) is 14.9. The molecule has 32 heavy (non-hydrogen) atoms. The van der Waals surface area contributed by atoms with Crippen LogP contribution < -0.4 is 21.7 Å². The molecular formula is C22H34N4O5S. The molecule has 0 bridgehead atoms. The van der Waals surface area contributed by atoms with Gasteiger partial charge in [0.15, 0.2) is 0 Å². The van der Waals surface area contributed by atoms with Gasteiger partial charge in [0, 0.05) is 12.2 Å². The summed E-state index contributed by atoms with van der Waals surface area (Å²) in [4.78, 5) is 49.5. The van der Waals surface area contributed by atoms with Gasteiger partial charge in [0.1, 0.15) is 18.1 Å². The summed E-state index contributed by atoms with van der Waals surface area (Å²) >= 11 is 4.12. The van der Waals surface area contributed by atoms with E-state index in [4.69, 9.17) is 5.73 Å². The smallest absolute Gasteiger partial charge is 0.326 e. The lowest BCUT2D eigenvalue weighted by atomic mass is 10.0. The number of rotatable bonds is 12. The molecule has 178 valence electrons. The van der Waals surface area contributed by atoms with Crippen LogP contribution in [0.15, 0.2) is 30.3 Å². The lowest BCUT2D eigenvalue weighted by molar-refractivity contribution is -0.143. The van der Waals surface area contributed by atoms with E-state index in [1.54, 1.807) is 27.7 Å². The Hall–Kier alpha value is -2.59. The average Bonchev–Trinajstić information content (AvgIpc) is 2.74. The fourth-order valence-electron chi connectivity index (χ4n) is 2.86. The number of carboxylic acids is 1. The summed E-state index contributed by atoms with van der Waals surface area (Å²) in [5.74, 6) is -3.45. The molecule has 6 N–H and O–H groups in total. The summed E-state index contributed by atoms with van der Waals surface area (Å²) in [5.41, 5.74) is 6.72. The standard InChI is InChI=1S/C22H34N4O5S/c1-12(2)17(23)21(29)24-15(10-14-8-6-5-7-9-14)19(27)25-16(11-32)20(28)26-18(13(3)4)22(30)31/h5-9,12-13,15-18,32H,10-11,23H2,1-4H3,(H,24,29)(H,25,27)(H,26,28)(H,30,31). The van der Waals surface area contributed by atoms with Gasteiger partial charge in [-0.15, -0.1) is 0 Å². The predicted molar refractivity (Wildman–Crippen MR) is 125 cm³/mol. The third-order valence-electron chi connectivity index (χ3n) is 4.98. The van der Waals surface area contributed by atoms with Crippen molar-refractivity contribution >= 4 is 36.3 Å². The van der Waals surface area contributed by atoms with E-state index in [2.05, 4.69) is 28.6 Å². The lowest BCUT2D eigenvalue weighted by Gasteiger charge is -2.26. The zero-order chi connectivity index (χ0) is 24.4. The van der Waals surface area contributed by atoms with Crippen molar-refractivity contribution in [3.05, 3.63) is 35.9 Å². The molecule has 3 amide bonds. The van der Waals surface area contributed by atoms with Crippen LogP contribution in [0.2, 0.25) is 0 Å². The molecule has 1 aromatic rings. The molecule has 0 fully saturated rings. The SMILES string of the molecule is CC(C)C(N)C(=O)NC(Cc1ccccc1)C(=O)NC(CS)C(=O)NC(C(=O)O)C(C)C. The maximum absolute atomic E-state index is 13.0. The molecule has 0 saturated heterocycles. The molecule has 0 radical (unpaired) electrons. The quantitative estimate of drug-likeness (QED) is 0.245. The summed E-state index contributed by atoms with van der Waals surface area (Å²) in [6, 6.07) is 5.13. The minimum Gasteiger partial charge on any atom is -0.480 e. The first-order valence-electron chi connectivity index (χ1n) is 10.5. The van der Waals surface area contributed by atoms with Crippen LogP contribution in [0.4, 0.5) is 0 Å². The highest BCUT2D eigenvalue weighted by molar-refractivity contribution is 7.80. The van der Waals surface area contributed by atoms with Crippen LogP contribution in [0.1, 0.15) is 33.3 Å². The predicted octanol–water partition coefficient (Wildman–Crippen LogP) is 0.337. The number of carboxylic acid groups (broad SMARTS) is 1. The van der Waals surface area contributed by atoms with Crippen LogP contribution >= 0.6 is 12.6 Å². The number of carbonyl (C=O) groups excluding carboxylic acids is 3. The average molecular weight is 467 g/mol. The number of thiol groups is 1. The molecule has 0 aliphatic heterocycles. The monoisotopic (exact) mass is 466 g/mol. The zero-order valence-electron chi connectivity index (χ0n) is 18.9. The first-order chi connectivity index (χ1) is 15.0. The maximum Gasteiger partial charge on any atom is 0.326 e. The van der Waals surface area contributed by atoms with Crippen molar-refractivity contribution in [3.8, 4) is 0 Å². The molecule has 4 unspecified atom stereocenters.